The summed E-state index contributed by atoms with van der Waals surface area (Å²) < 4.78 is 0. The molecule has 0 aliphatic heterocycles. The zero-order valence-electron chi connectivity index (χ0n) is 12.8. The Kier molecular flexibility index (Phi) is 4.26. The second-order valence-corrected chi connectivity index (χ2v) is 6.39. The molecule has 2 heteroatoms. The maximum atomic E-state index is 5.76. The van der Waals surface area contributed by atoms with Crippen molar-refractivity contribution in [2.24, 2.45) is 5.84 Å². The normalized spacial score (nSPS) is 13.2. The smallest absolute Gasteiger partial charge is 0.0710 e. The van der Waals surface area contributed by atoms with Gasteiger partial charge in [0, 0.05) is 0 Å². The summed E-state index contributed by atoms with van der Waals surface area (Å²) in [4.78, 5) is 0. The fraction of sp³-hybridized carbons (Fsp3) is 0.333. The van der Waals surface area contributed by atoms with Crippen LogP contribution in [0.1, 0.15) is 49.1 Å². The number of hydrazine groups is 1. The Bertz CT molecular complexity index is 565. The van der Waals surface area contributed by atoms with E-state index >= 15 is 0 Å². The number of hydrogen-bond acceptors (Lipinski definition) is 2. The number of hydrogen-bond donors (Lipinski definition) is 2. The molecule has 0 aliphatic rings. The summed E-state index contributed by atoms with van der Waals surface area (Å²) in [7, 11) is 0. The van der Waals surface area contributed by atoms with E-state index in [2.05, 4.69) is 81.7 Å². The van der Waals surface area contributed by atoms with Crippen molar-refractivity contribution in [2.45, 2.75) is 39.2 Å². The van der Waals surface area contributed by atoms with E-state index in [-0.39, 0.29) is 11.5 Å². The zero-order chi connectivity index (χ0) is 14.8. The molecule has 1 atom stereocenters. The van der Waals surface area contributed by atoms with Gasteiger partial charge in [-0.15, -0.1) is 0 Å². The summed E-state index contributed by atoms with van der Waals surface area (Å²) in [6, 6.07) is 17.2. The van der Waals surface area contributed by atoms with Crippen molar-refractivity contribution < 1.29 is 0 Å². The summed E-state index contributed by atoms with van der Waals surface area (Å²) in [5.74, 6) is 5.76. The molecule has 2 aromatic rings. The van der Waals surface area contributed by atoms with Crippen molar-refractivity contribution in [1.82, 2.24) is 5.43 Å². The largest absolute Gasteiger partial charge is 0.271 e. The number of nitrogens with two attached hydrogens (primary N) is 1. The molecular formula is C18H24N2. The summed E-state index contributed by atoms with van der Waals surface area (Å²) in [6.07, 6.45) is 0. The van der Waals surface area contributed by atoms with E-state index in [9.17, 15) is 0 Å². The summed E-state index contributed by atoms with van der Waals surface area (Å²) in [6.45, 7) is 8.77. The highest BCUT2D eigenvalue weighted by Gasteiger charge is 2.16. The molecule has 0 bridgehead atoms. The fourth-order valence-corrected chi connectivity index (χ4v) is 2.41. The predicted octanol–water partition coefficient (Wildman–Crippen LogP) is 3.85. The molecule has 2 rings (SSSR count). The summed E-state index contributed by atoms with van der Waals surface area (Å²) in [5, 5.41) is 0. The first-order chi connectivity index (χ1) is 9.41. The number of aryl methyl sites for hydroxylation is 1. The van der Waals surface area contributed by atoms with Crippen molar-refractivity contribution >= 4 is 0 Å². The van der Waals surface area contributed by atoms with Crippen molar-refractivity contribution in [3.05, 3.63) is 70.8 Å². The van der Waals surface area contributed by atoms with Gasteiger partial charge in [0.25, 0.3) is 0 Å². The Hall–Kier alpha value is -1.64. The first-order valence-corrected chi connectivity index (χ1v) is 7.05. The molecule has 0 radical (unpaired) electrons. The van der Waals surface area contributed by atoms with Crippen LogP contribution in [0.3, 0.4) is 0 Å². The van der Waals surface area contributed by atoms with E-state index in [0.29, 0.717) is 0 Å². The third-order valence-electron chi connectivity index (χ3n) is 3.65. The van der Waals surface area contributed by atoms with Gasteiger partial charge in [-0.05, 0) is 29.0 Å². The van der Waals surface area contributed by atoms with E-state index in [0.717, 1.165) is 0 Å². The number of nitrogens with one attached hydrogen (secondary N) is 1. The van der Waals surface area contributed by atoms with Crippen LogP contribution in [0.25, 0.3) is 0 Å². The third-order valence-corrected chi connectivity index (χ3v) is 3.65. The molecule has 2 aromatic carbocycles. The van der Waals surface area contributed by atoms with Crippen molar-refractivity contribution in [2.75, 3.05) is 0 Å². The van der Waals surface area contributed by atoms with Crippen LogP contribution in [0, 0.1) is 6.92 Å². The Morgan fingerprint density at radius 1 is 0.950 bits per heavy atom. The van der Waals surface area contributed by atoms with E-state index in [1.165, 1.54) is 22.3 Å². The SMILES string of the molecule is Cc1cccc(C(NN)c2ccc(C(C)(C)C)cc2)c1. The number of benzene rings is 2. The maximum Gasteiger partial charge on any atom is 0.0710 e. The molecule has 20 heavy (non-hydrogen) atoms. The lowest BCUT2D eigenvalue weighted by molar-refractivity contribution is 0.588. The molecule has 0 saturated carbocycles. The molecule has 1 unspecified atom stereocenters. The molecule has 0 heterocycles. The highest BCUT2D eigenvalue weighted by molar-refractivity contribution is 5.36. The van der Waals surface area contributed by atoms with Gasteiger partial charge < -0.3 is 0 Å². The Balaban J connectivity index is 2.33. The first-order valence-electron chi connectivity index (χ1n) is 7.05. The molecular weight excluding hydrogens is 244 g/mol. The average Bonchev–Trinajstić information content (AvgIpc) is 2.39. The van der Waals surface area contributed by atoms with Crippen LogP contribution >= 0.6 is 0 Å². The van der Waals surface area contributed by atoms with Gasteiger partial charge in [0.1, 0.15) is 0 Å². The van der Waals surface area contributed by atoms with Gasteiger partial charge in [-0.1, -0.05) is 74.9 Å². The third kappa shape index (κ3) is 3.27. The fourth-order valence-electron chi connectivity index (χ4n) is 2.41. The topological polar surface area (TPSA) is 38.0 Å². The Morgan fingerprint density at radius 3 is 2.10 bits per heavy atom. The zero-order valence-corrected chi connectivity index (χ0v) is 12.8. The van der Waals surface area contributed by atoms with E-state index < -0.39 is 0 Å². The molecule has 0 aromatic heterocycles. The predicted molar refractivity (Wildman–Crippen MR) is 85.5 cm³/mol. The van der Waals surface area contributed by atoms with Crippen LogP contribution in [-0.4, -0.2) is 0 Å². The second-order valence-electron chi connectivity index (χ2n) is 6.39. The summed E-state index contributed by atoms with van der Waals surface area (Å²) >= 11 is 0. The molecule has 0 amide bonds. The monoisotopic (exact) mass is 268 g/mol. The van der Waals surface area contributed by atoms with Gasteiger partial charge >= 0.3 is 0 Å². The van der Waals surface area contributed by atoms with Crippen LogP contribution in [0.2, 0.25) is 0 Å². The van der Waals surface area contributed by atoms with Crippen LogP contribution < -0.4 is 11.3 Å². The minimum atomic E-state index is 0.0314. The highest BCUT2D eigenvalue weighted by Crippen LogP contribution is 2.26. The van der Waals surface area contributed by atoms with Gasteiger partial charge in [0.05, 0.1) is 6.04 Å². The minimum Gasteiger partial charge on any atom is -0.271 e. The lowest BCUT2D eigenvalue weighted by Gasteiger charge is -2.22. The molecule has 2 nitrogen and oxygen atoms in total. The van der Waals surface area contributed by atoms with Crippen molar-refractivity contribution in [3.8, 4) is 0 Å². The van der Waals surface area contributed by atoms with Gasteiger partial charge in [-0.3, -0.25) is 5.84 Å². The second kappa shape index (κ2) is 5.78. The molecule has 0 fully saturated rings. The lowest BCUT2D eigenvalue weighted by Crippen LogP contribution is -2.29. The minimum absolute atomic E-state index is 0.0314. The first kappa shape index (κ1) is 14.8. The quantitative estimate of drug-likeness (QED) is 0.655. The van der Waals surface area contributed by atoms with E-state index in [1.54, 1.807) is 0 Å². The Morgan fingerprint density at radius 2 is 1.60 bits per heavy atom. The lowest BCUT2D eigenvalue weighted by atomic mass is 9.86. The van der Waals surface area contributed by atoms with Crippen LogP contribution in [0.15, 0.2) is 48.5 Å². The molecule has 0 aliphatic carbocycles. The van der Waals surface area contributed by atoms with Gasteiger partial charge in [-0.2, -0.15) is 0 Å². The van der Waals surface area contributed by atoms with Crippen LogP contribution in [0.4, 0.5) is 0 Å². The Labute approximate surface area is 122 Å². The average molecular weight is 268 g/mol. The maximum absolute atomic E-state index is 5.76. The number of rotatable bonds is 3. The van der Waals surface area contributed by atoms with Crippen molar-refractivity contribution in [3.63, 3.8) is 0 Å². The van der Waals surface area contributed by atoms with Gasteiger partial charge in [-0.25, -0.2) is 5.43 Å². The highest BCUT2D eigenvalue weighted by atomic mass is 15.2. The molecule has 106 valence electrons. The molecule has 3 N–H and O–H groups in total. The van der Waals surface area contributed by atoms with Gasteiger partial charge in [0.2, 0.25) is 0 Å². The van der Waals surface area contributed by atoms with E-state index in [1.807, 2.05) is 0 Å². The van der Waals surface area contributed by atoms with E-state index in [4.69, 9.17) is 5.84 Å². The van der Waals surface area contributed by atoms with Gasteiger partial charge in [0.15, 0.2) is 0 Å². The van der Waals surface area contributed by atoms with Crippen LogP contribution in [-0.2, 0) is 5.41 Å². The standard InChI is InChI=1S/C18H24N2/c1-13-6-5-7-15(12-13)17(20-19)14-8-10-16(11-9-14)18(2,3)4/h5-12,17,20H,19H2,1-4H3. The van der Waals surface area contributed by atoms with Crippen LogP contribution in [0.5, 0.6) is 0 Å². The summed E-state index contributed by atoms with van der Waals surface area (Å²) in [5.41, 5.74) is 8.05. The van der Waals surface area contributed by atoms with Crippen molar-refractivity contribution in [1.29, 1.82) is 0 Å². The molecule has 0 saturated heterocycles. The molecule has 0 spiro atoms.